The number of rotatable bonds is 2. The van der Waals surface area contributed by atoms with E-state index in [9.17, 15) is 8.78 Å². The average Bonchev–Trinajstić information content (AvgIpc) is 2.34. The van der Waals surface area contributed by atoms with Crippen molar-refractivity contribution < 1.29 is 8.78 Å². The molecule has 0 aliphatic rings. The van der Waals surface area contributed by atoms with Gasteiger partial charge in [-0.1, -0.05) is 0 Å². The van der Waals surface area contributed by atoms with Gasteiger partial charge in [-0.05, 0) is 24.3 Å². The molecule has 1 aromatic heterocycles. The summed E-state index contributed by atoms with van der Waals surface area (Å²) in [5.41, 5.74) is 0.688. The summed E-state index contributed by atoms with van der Waals surface area (Å²) in [7, 11) is 0. The van der Waals surface area contributed by atoms with Gasteiger partial charge in [0.15, 0.2) is 0 Å². The molecule has 0 aliphatic carbocycles. The molecule has 0 spiro atoms. The van der Waals surface area contributed by atoms with E-state index in [1.54, 1.807) is 6.07 Å². The molecule has 0 radical (unpaired) electrons. The number of anilines is 2. The third kappa shape index (κ3) is 2.55. The molecule has 0 fully saturated rings. The molecule has 5 heteroatoms. The van der Waals surface area contributed by atoms with E-state index in [2.05, 4.69) is 10.3 Å². The SMILES string of the molecule is N#Cc1cc(Nc2cc(F)ccc2F)ccn1. The monoisotopic (exact) mass is 231 g/mol. The second-order valence-electron chi connectivity index (χ2n) is 3.29. The van der Waals surface area contributed by atoms with Gasteiger partial charge in [0.1, 0.15) is 23.4 Å². The summed E-state index contributed by atoms with van der Waals surface area (Å²) in [5.74, 6) is -1.11. The molecule has 2 rings (SSSR count). The van der Waals surface area contributed by atoms with Crippen molar-refractivity contribution in [3.8, 4) is 6.07 Å². The molecule has 3 nitrogen and oxygen atoms in total. The van der Waals surface area contributed by atoms with Crippen molar-refractivity contribution in [2.75, 3.05) is 5.32 Å². The summed E-state index contributed by atoms with van der Waals surface area (Å²) < 4.78 is 26.3. The maximum absolute atomic E-state index is 13.3. The normalized spacial score (nSPS) is 9.71. The largest absolute Gasteiger partial charge is 0.353 e. The number of nitrogens with one attached hydrogen (secondary N) is 1. The van der Waals surface area contributed by atoms with Crippen molar-refractivity contribution in [1.29, 1.82) is 5.26 Å². The number of pyridine rings is 1. The summed E-state index contributed by atoms with van der Waals surface area (Å²) in [4.78, 5) is 3.77. The zero-order valence-electron chi connectivity index (χ0n) is 8.61. The molecule has 1 heterocycles. The Balaban J connectivity index is 2.31. The number of nitriles is 1. The number of hydrogen-bond donors (Lipinski definition) is 1. The molecule has 0 unspecified atom stereocenters. The highest BCUT2D eigenvalue weighted by molar-refractivity contribution is 5.60. The first kappa shape index (κ1) is 11.0. The number of hydrogen-bond acceptors (Lipinski definition) is 3. The highest BCUT2D eigenvalue weighted by Crippen LogP contribution is 2.20. The van der Waals surface area contributed by atoms with Crippen molar-refractivity contribution in [1.82, 2.24) is 4.98 Å². The van der Waals surface area contributed by atoms with Crippen LogP contribution in [0.1, 0.15) is 5.69 Å². The maximum atomic E-state index is 13.3. The van der Waals surface area contributed by atoms with E-state index < -0.39 is 11.6 Å². The lowest BCUT2D eigenvalue weighted by molar-refractivity contribution is 0.603. The van der Waals surface area contributed by atoms with Crippen LogP contribution in [0, 0.1) is 23.0 Å². The number of nitrogens with zero attached hydrogens (tertiary/aromatic N) is 2. The third-order valence-corrected chi connectivity index (χ3v) is 2.08. The molecule has 1 aromatic carbocycles. The fourth-order valence-corrected chi connectivity index (χ4v) is 1.32. The standard InChI is InChI=1S/C12H7F2N3/c13-8-1-2-11(14)12(5-8)17-9-3-4-16-10(6-9)7-15/h1-6H,(H,16,17). The number of aromatic nitrogens is 1. The molecular weight excluding hydrogens is 224 g/mol. The fourth-order valence-electron chi connectivity index (χ4n) is 1.32. The van der Waals surface area contributed by atoms with Crippen LogP contribution < -0.4 is 5.32 Å². The van der Waals surface area contributed by atoms with E-state index in [-0.39, 0.29) is 11.4 Å². The van der Waals surface area contributed by atoms with Crippen molar-refractivity contribution >= 4 is 11.4 Å². The Morgan fingerprint density at radius 1 is 1.18 bits per heavy atom. The van der Waals surface area contributed by atoms with Gasteiger partial charge in [-0.3, -0.25) is 0 Å². The molecule has 2 aromatic rings. The summed E-state index contributed by atoms with van der Waals surface area (Å²) in [6.07, 6.45) is 1.41. The van der Waals surface area contributed by atoms with Gasteiger partial charge in [0.25, 0.3) is 0 Å². The number of halogens is 2. The molecule has 17 heavy (non-hydrogen) atoms. The first-order valence-corrected chi connectivity index (χ1v) is 4.77. The van der Waals surface area contributed by atoms with Crippen molar-refractivity contribution in [2.45, 2.75) is 0 Å². The summed E-state index contributed by atoms with van der Waals surface area (Å²) in [5, 5.41) is 11.3. The van der Waals surface area contributed by atoms with Crippen molar-refractivity contribution in [3.63, 3.8) is 0 Å². The second-order valence-corrected chi connectivity index (χ2v) is 3.29. The Kier molecular flexibility index (Phi) is 2.97. The van der Waals surface area contributed by atoms with Gasteiger partial charge in [0.05, 0.1) is 5.69 Å². The predicted molar refractivity (Wildman–Crippen MR) is 58.6 cm³/mol. The zero-order chi connectivity index (χ0) is 12.3. The second kappa shape index (κ2) is 4.58. The van der Waals surface area contributed by atoms with Gasteiger partial charge >= 0.3 is 0 Å². The smallest absolute Gasteiger partial charge is 0.146 e. The summed E-state index contributed by atoms with van der Waals surface area (Å²) in [6.45, 7) is 0. The van der Waals surface area contributed by atoms with E-state index >= 15 is 0 Å². The van der Waals surface area contributed by atoms with E-state index in [1.807, 2.05) is 6.07 Å². The quantitative estimate of drug-likeness (QED) is 0.864. The average molecular weight is 231 g/mol. The molecule has 0 atom stereocenters. The minimum absolute atomic E-state index is 0.0140. The number of benzene rings is 1. The van der Waals surface area contributed by atoms with Crippen molar-refractivity contribution in [3.05, 3.63) is 53.9 Å². The first-order chi connectivity index (χ1) is 8.19. The molecule has 0 bridgehead atoms. The van der Waals surface area contributed by atoms with E-state index in [1.165, 1.54) is 12.3 Å². The van der Waals surface area contributed by atoms with Crippen LogP contribution in [0.25, 0.3) is 0 Å². The Bertz CT molecular complexity index is 591. The Hall–Kier alpha value is -2.48. The lowest BCUT2D eigenvalue weighted by atomic mass is 10.2. The predicted octanol–water partition coefficient (Wildman–Crippen LogP) is 2.98. The Morgan fingerprint density at radius 2 is 2.00 bits per heavy atom. The van der Waals surface area contributed by atoms with Crippen LogP contribution in [0.15, 0.2) is 36.5 Å². The third-order valence-electron chi connectivity index (χ3n) is 2.08. The van der Waals surface area contributed by atoms with Crippen LogP contribution in [-0.4, -0.2) is 4.98 Å². The molecule has 0 amide bonds. The maximum Gasteiger partial charge on any atom is 0.146 e. The van der Waals surface area contributed by atoms with Gasteiger partial charge < -0.3 is 5.32 Å². The summed E-state index contributed by atoms with van der Waals surface area (Å²) in [6, 6.07) is 7.98. The van der Waals surface area contributed by atoms with Crippen LogP contribution in [-0.2, 0) is 0 Å². The first-order valence-electron chi connectivity index (χ1n) is 4.77. The molecule has 0 saturated heterocycles. The lowest BCUT2D eigenvalue weighted by Gasteiger charge is -2.07. The Morgan fingerprint density at radius 3 is 2.76 bits per heavy atom. The van der Waals surface area contributed by atoms with E-state index in [0.717, 1.165) is 18.2 Å². The fraction of sp³-hybridized carbons (Fsp3) is 0. The highest BCUT2D eigenvalue weighted by Gasteiger charge is 2.04. The van der Waals surface area contributed by atoms with Crippen LogP contribution in [0.2, 0.25) is 0 Å². The van der Waals surface area contributed by atoms with Gasteiger partial charge in [-0.15, -0.1) is 0 Å². The van der Waals surface area contributed by atoms with Crippen LogP contribution in [0.3, 0.4) is 0 Å². The van der Waals surface area contributed by atoms with Gasteiger partial charge in [0, 0.05) is 18.0 Å². The topological polar surface area (TPSA) is 48.7 Å². The Labute approximate surface area is 96.3 Å². The van der Waals surface area contributed by atoms with Gasteiger partial charge in [-0.25, -0.2) is 13.8 Å². The van der Waals surface area contributed by atoms with Crippen LogP contribution in [0.4, 0.5) is 20.2 Å². The summed E-state index contributed by atoms with van der Waals surface area (Å²) >= 11 is 0. The minimum atomic E-state index is -0.568. The van der Waals surface area contributed by atoms with E-state index in [4.69, 9.17) is 5.26 Å². The molecular formula is C12H7F2N3. The molecule has 0 aliphatic heterocycles. The van der Waals surface area contributed by atoms with Crippen LogP contribution in [0.5, 0.6) is 0 Å². The van der Waals surface area contributed by atoms with E-state index in [0.29, 0.717) is 5.69 Å². The molecule has 84 valence electrons. The molecule has 0 saturated carbocycles. The molecule has 1 N–H and O–H groups in total. The van der Waals surface area contributed by atoms with Gasteiger partial charge in [0.2, 0.25) is 0 Å². The van der Waals surface area contributed by atoms with Gasteiger partial charge in [-0.2, -0.15) is 5.26 Å². The zero-order valence-corrected chi connectivity index (χ0v) is 8.61. The van der Waals surface area contributed by atoms with Crippen molar-refractivity contribution in [2.24, 2.45) is 0 Å². The minimum Gasteiger partial charge on any atom is -0.353 e. The highest BCUT2D eigenvalue weighted by atomic mass is 19.1. The lowest BCUT2D eigenvalue weighted by Crippen LogP contribution is -1.95. The van der Waals surface area contributed by atoms with Crippen LogP contribution >= 0.6 is 0 Å².